The van der Waals surface area contributed by atoms with Gasteiger partial charge in [0.2, 0.25) is 10.0 Å². The first-order valence-electron chi connectivity index (χ1n) is 4.29. The van der Waals surface area contributed by atoms with Crippen LogP contribution in [0.15, 0.2) is 27.1 Å². The van der Waals surface area contributed by atoms with Gasteiger partial charge in [0.15, 0.2) is 0 Å². The lowest BCUT2D eigenvalue weighted by molar-refractivity contribution is 0.593. The molecule has 1 N–H and O–H groups in total. The molecule has 1 rings (SSSR count). The van der Waals surface area contributed by atoms with Crippen molar-refractivity contribution in [2.45, 2.75) is 19.1 Å². The first-order chi connectivity index (χ1) is 6.83. The molecule has 0 saturated carbocycles. The Balaban J connectivity index is 3.01. The smallest absolute Gasteiger partial charge is 0.235 e. The summed E-state index contributed by atoms with van der Waals surface area (Å²) in [5.41, 5.74) is 0.548. The minimum Gasteiger partial charge on any atom is -0.282 e. The van der Waals surface area contributed by atoms with E-state index < -0.39 is 15.3 Å². The second kappa shape index (κ2) is 4.84. The highest BCUT2D eigenvalue weighted by Crippen LogP contribution is 2.27. The summed E-state index contributed by atoms with van der Waals surface area (Å²) in [4.78, 5) is 0. The van der Waals surface area contributed by atoms with Gasteiger partial charge < -0.3 is 0 Å². The number of nitrogens with one attached hydrogen (secondary N) is 1. The third kappa shape index (κ3) is 3.46. The van der Waals surface area contributed by atoms with Gasteiger partial charge in [0, 0.05) is 8.95 Å². The Morgan fingerprint density at radius 2 is 1.87 bits per heavy atom. The molecule has 0 heterocycles. The molecule has 0 aromatic heterocycles. The Kier molecular flexibility index (Phi) is 4.20. The van der Waals surface area contributed by atoms with Crippen molar-refractivity contribution in [1.29, 1.82) is 0 Å². The van der Waals surface area contributed by atoms with Gasteiger partial charge in [-0.15, -0.1) is 0 Å². The first-order valence-corrected chi connectivity index (χ1v) is 7.43. The number of halogens is 2. The van der Waals surface area contributed by atoms with Crippen LogP contribution in [0.25, 0.3) is 0 Å². The second-order valence-corrected chi connectivity index (χ2v) is 7.33. The Bertz CT molecular complexity index is 457. The molecule has 0 radical (unpaired) electrons. The molecular weight excluding hydrogens is 346 g/mol. The van der Waals surface area contributed by atoms with Gasteiger partial charge in [0.25, 0.3) is 0 Å². The van der Waals surface area contributed by atoms with Crippen LogP contribution in [0, 0.1) is 0 Å². The zero-order chi connectivity index (χ0) is 11.6. The fourth-order valence-electron chi connectivity index (χ4n) is 0.843. The van der Waals surface area contributed by atoms with Gasteiger partial charge in [0.05, 0.1) is 10.9 Å². The molecule has 1 aromatic rings. The number of sulfonamides is 1. The third-order valence-electron chi connectivity index (χ3n) is 1.80. The maximum absolute atomic E-state index is 11.6. The van der Waals surface area contributed by atoms with E-state index in [2.05, 4.69) is 36.6 Å². The van der Waals surface area contributed by atoms with Crippen LogP contribution in [0.4, 0.5) is 5.69 Å². The van der Waals surface area contributed by atoms with E-state index in [1.54, 1.807) is 32.0 Å². The van der Waals surface area contributed by atoms with Crippen molar-refractivity contribution >= 4 is 47.6 Å². The summed E-state index contributed by atoms with van der Waals surface area (Å²) >= 11 is 6.59. The molecule has 0 spiro atoms. The van der Waals surface area contributed by atoms with Crippen molar-refractivity contribution in [3.63, 3.8) is 0 Å². The Morgan fingerprint density at radius 1 is 1.27 bits per heavy atom. The highest BCUT2D eigenvalue weighted by Gasteiger charge is 2.16. The number of benzene rings is 1. The van der Waals surface area contributed by atoms with E-state index in [4.69, 9.17) is 0 Å². The summed E-state index contributed by atoms with van der Waals surface area (Å²) < 4.78 is 27.3. The SMILES string of the molecule is CC(C)S(=O)(=O)Nc1ccc(Br)cc1Br. The number of hydrogen-bond acceptors (Lipinski definition) is 2. The Hall–Kier alpha value is -0.0700. The molecule has 0 atom stereocenters. The van der Waals surface area contributed by atoms with Crippen LogP contribution in [-0.2, 0) is 10.0 Å². The normalized spacial score (nSPS) is 11.8. The summed E-state index contributed by atoms with van der Waals surface area (Å²) in [6.07, 6.45) is 0. The second-order valence-electron chi connectivity index (χ2n) is 3.32. The molecule has 6 heteroatoms. The van der Waals surface area contributed by atoms with Crippen LogP contribution >= 0.6 is 31.9 Å². The minimum absolute atomic E-state index is 0.451. The summed E-state index contributed by atoms with van der Waals surface area (Å²) in [6, 6.07) is 5.27. The predicted molar refractivity (Wildman–Crippen MR) is 69.5 cm³/mol. The molecular formula is C9H11Br2NO2S. The molecule has 0 unspecified atom stereocenters. The van der Waals surface area contributed by atoms with Crippen LogP contribution in [0.5, 0.6) is 0 Å². The van der Waals surface area contributed by atoms with Crippen LogP contribution in [-0.4, -0.2) is 13.7 Å². The van der Waals surface area contributed by atoms with E-state index in [1.807, 2.05) is 0 Å². The van der Waals surface area contributed by atoms with Crippen LogP contribution < -0.4 is 4.72 Å². The van der Waals surface area contributed by atoms with E-state index in [-0.39, 0.29) is 0 Å². The molecule has 0 fully saturated rings. The summed E-state index contributed by atoms with van der Waals surface area (Å²) in [6.45, 7) is 3.27. The van der Waals surface area contributed by atoms with Gasteiger partial charge in [-0.25, -0.2) is 8.42 Å². The number of rotatable bonds is 3. The van der Waals surface area contributed by atoms with Gasteiger partial charge in [0.1, 0.15) is 0 Å². The molecule has 0 aliphatic heterocycles. The van der Waals surface area contributed by atoms with Gasteiger partial charge in [-0.05, 0) is 48.0 Å². The fourth-order valence-corrected chi connectivity index (χ4v) is 2.84. The standard InChI is InChI=1S/C9H11Br2NO2S/c1-6(2)15(13,14)12-9-4-3-7(10)5-8(9)11/h3-6,12H,1-2H3. The third-order valence-corrected chi connectivity index (χ3v) is 4.70. The molecule has 0 saturated heterocycles. The zero-order valence-corrected chi connectivity index (χ0v) is 12.3. The molecule has 0 amide bonds. The van der Waals surface area contributed by atoms with Crippen LogP contribution in [0.3, 0.4) is 0 Å². The fraction of sp³-hybridized carbons (Fsp3) is 0.333. The molecule has 0 aliphatic rings. The maximum atomic E-state index is 11.6. The summed E-state index contributed by atoms with van der Waals surface area (Å²) in [7, 11) is -3.28. The van der Waals surface area contributed by atoms with Crippen molar-refractivity contribution in [2.24, 2.45) is 0 Å². The van der Waals surface area contributed by atoms with Crippen LogP contribution in [0.2, 0.25) is 0 Å². The van der Waals surface area contributed by atoms with E-state index in [1.165, 1.54) is 0 Å². The summed E-state index contributed by atoms with van der Waals surface area (Å²) in [5, 5.41) is -0.451. The van der Waals surface area contributed by atoms with Crippen molar-refractivity contribution in [2.75, 3.05) is 4.72 Å². The van der Waals surface area contributed by atoms with Crippen molar-refractivity contribution in [1.82, 2.24) is 0 Å². The lowest BCUT2D eigenvalue weighted by atomic mass is 10.3. The predicted octanol–water partition coefficient (Wildman–Crippen LogP) is 3.36. The lowest BCUT2D eigenvalue weighted by Gasteiger charge is -2.12. The minimum atomic E-state index is -3.28. The lowest BCUT2D eigenvalue weighted by Crippen LogP contribution is -2.22. The monoisotopic (exact) mass is 355 g/mol. The average Bonchev–Trinajstić information content (AvgIpc) is 2.09. The topological polar surface area (TPSA) is 46.2 Å². The largest absolute Gasteiger partial charge is 0.282 e. The highest BCUT2D eigenvalue weighted by atomic mass is 79.9. The quantitative estimate of drug-likeness (QED) is 0.902. The van der Waals surface area contributed by atoms with Crippen molar-refractivity contribution in [3.8, 4) is 0 Å². The first kappa shape index (κ1) is 13.0. The highest BCUT2D eigenvalue weighted by molar-refractivity contribution is 9.11. The number of hydrogen-bond donors (Lipinski definition) is 1. The Morgan fingerprint density at radius 3 is 2.33 bits per heavy atom. The van der Waals surface area contributed by atoms with Crippen LogP contribution in [0.1, 0.15) is 13.8 Å². The number of anilines is 1. The van der Waals surface area contributed by atoms with Crippen molar-refractivity contribution in [3.05, 3.63) is 27.1 Å². The average molecular weight is 357 g/mol. The van der Waals surface area contributed by atoms with E-state index in [9.17, 15) is 8.42 Å². The van der Waals surface area contributed by atoms with E-state index in [0.717, 1.165) is 4.47 Å². The molecule has 1 aromatic carbocycles. The molecule has 0 bridgehead atoms. The van der Waals surface area contributed by atoms with Gasteiger partial charge in [-0.3, -0.25) is 4.72 Å². The summed E-state index contributed by atoms with van der Waals surface area (Å²) in [5.74, 6) is 0. The van der Waals surface area contributed by atoms with Crippen molar-refractivity contribution < 1.29 is 8.42 Å². The van der Waals surface area contributed by atoms with Gasteiger partial charge in [-0.2, -0.15) is 0 Å². The Labute approximate surface area is 107 Å². The van der Waals surface area contributed by atoms with E-state index >= 15 is 0 Å². The van der Waals surface area contributed by atoms with Gasteiger partial charge in [-0.1, -0.05) is 15.9 Å². The molecule has 0 aliphatic carbocycles. The maximum Gasteiger partial charge on any atom is 0.235 e. The van der Waals surface area contributed by atoms with E-state index in [0.29, 0.717) is 10.2 Å². The van der Waals surface area contributed by atoms with Gasteiger partial charge >= 0.3 is 0 Å². The molecule has 15 heavy (non-hydrogen) atoms. The molecule has 84 valence electrons. The zero-order valence-electron chi connectivity index (χ0n) is 8.29. The molecule has 3 nitrogen and oxygen atoms in total.